The first-order chi connectivity index (χ1) is 9.13. The van der Waals surface area contributed by atoms with Crippen LogP contribution in [0.15, 0.2) is 35.4 Å². The largest absolute Gasteiger partial charge is 0.461 e. The molecule has 0 saturated carbocycles. The molecule has 2 rings (SSSR count). The summed E-state index contributed by atoms with van der Waals surface area (Å²) in [5.41, 5.74) is 6.29. The van der Waals surface area contributed by atoms with Crippen molar-refractivity contribution < 1.29 is 14.3 Å². The Labute approximate surface area is 110 Å². The number of nitrogens with two attached hydrogens (primary N) is 1. The van der Waals surface area contributed by atoms with Crippen LogP contribution >= 0.6 is 0 Å². The molecule has 1 unspecified atom stereocenters. The molecule has 2 N–H and O–H groups in total. The Morgan fingerprint density at radius 2 is 2.11 bits per heavy atom. The van der Waals surface area contributed by atoms with Gasteiger partial charge in [-0.2, -0.15) is 5.10 Å². The first-order valence-corrected chi connectivity index (χ1v) is 6.01. The average molecular weight is 261 g/mol. The molecule has 1 aliphatic heterocycles. The van der Waals surface area contributed by atoms with Crippen molar-refractivity contribution in [1.82, 2.24) is 0 Å². The molecule has 1 aliphatic rings. The van der Waals surface area contributed by atoms with Gasteiger partial charge in [0, 0.05) is 6.42 Å². The van der Waals surface area contributed by atoms with Crippen LogP contribution in [0.2, 0.25) is 0 Å². The molecule has 1 aromatic carbocycles. The van der Waals surface area contributed by atoms with Gasteiger partial charge in [0.05, 0.1) is 12.3 Å². The number of anilines is 1. The lowest BCUT2D eigenvalue weighted by molar-refractivity contribution is -0.135. The predicted molar refractivity (Wildman–Crippen MR) is 70.6 cm³/mol. The summed E-state index contributed by atoms with van der Waals surface area (Å²) < 4.78 is 4.89. The number of hydrazone groups is 1. The van der Waals surface area contributed by atoms with E-state index in [1.165, 1.54) is 5.01 Å². The number of hydrogen-bond donors (Lipinski definition) is 1. The maximum Gasteiger partial charge on any atom is 0.354 e. The number of carbonyl (C=O) groups is 2. The number of hydrogen-bond acceptors (Lipinski definition) is 5. The van der Waals surface area contributed by atoms with Gasteiger partial charge in [-0.15, -0.1) is 0 Å². The zero-order valence-corrected chi connectivity index (χ0v) is 10.6. The lowest BCUT2D eigenvalue weighted by Gasteiger charge is -2.20. The fraction of sp³-hybridized carbons (Fsp3) is 0.308. The number of amides is 1. The van der Waals surface area contributed by atoms with Crippen molar-refractivity contribution in [2.24, 2.45) is 10.8 Å². The van der Waals surface area contributed by atoms with E-state index in [1.807, 2.05) is 18.2 Å². The van der Waals surface area contributed by atoms with Gasteiger partial charge in [-0.1, -0.05) is 18.2 Å². The smallest absolute Gasteiger partial charge is 0.354 e. The monoisotopic (exact) mass is 261 g/mol. The lowest BCUT2D eigenvalue weighted by atomic mass is 10.1. The van der Waals surface area contributed by atoms with Crippen LogP contribution in [-0.2, 0) is 14.3 Å². The summed E-state index contributed by atoms with van der Waals surface area (Å²) in [6.45, 7) is 1.98. The van der Waals surface area contributed by atoms with E-state index in [0.717, 1.165) is 0 Å². The number of esters is 1. The maximum atomic E-state index is 11.7. The van der Waals surface area contributed by atoms with Crippen LogP contribution in [0, 0.1) is 0 Å². The van der Waals surface area contributed by atoms with Crippen LogP contribution in [0.5, 0.6) is 0 Å². The average Bonchev–Trinajstić information content (AvgIpc) is 2.85. The molecule has 0 aliphatic carbocycles. The second-order valence-electron chi connectivity index (χ2n) is 4.07. The van der Waals surface area contributed by atoms with Gasteiger partial charge in [0.25, 0.3) is 0 Å². The van der Waals surface area contributed by atoms with Crippen LogP contribution < -0.4 is 10.7 Å². The summed E-state index contributed by atoms with van der Waals surface area (Å²) >= 11 is 0. The predicted octanol–water partition coefficient (Wildman–Crippen LogP) is 0.670. The number of ether oxygens (including phenoxy) is 1. The Hall–Kier alpha value is -2.37. The molecule has 6 heteroatoms. The number of primary amides is 1. The number of carbonyl (C=O) groups excluding carboxylic acids is 2. The number of para-hydroxylation sites is 1. The van der Waals surface area contributed by atoms with Gasteiger partial charge in [-0.05, 0) is 19.1 Å². The van der Waals surface area contributed by atoms with Crippen LogP contribution in [0.3, 0.4) is 0 Å². The Morgan fingerprint density at radius 3 is 2.68 bits per heavy atom. The first kappa shape index (κ1) is 13.1. The maximum absolute atomic E-state index is 11.7. The van der Waals surface area contributed by atoms with Crippen LogP contribution in [-0.4, -0.2) is 30.2 Å². The topological polar surface area (TPSA) is 85.0 Å². The molecule has 1 amide bonds. The third-order valence-corrected chi connectivity index (χ3v) is 2.77. The summed E-state index contributed by atoms with van der Waals surface area (Å²) in [5, 5.41) is 5.62. The van der Waals surface area contributed by atoms with Gasteiger partial charge in [0.1, 0.15) is 11.8 Å². The second-order valence-corrected chi connectivity index (χ2v) is 4.07. The zero-order valence-electron chi connectivity index (χ0n) is 10.6. The molecule has 0 radical (unpaired) electrons. The lowest BCUT2D eigenvalue weighted by Crippen LogP contribution is -2.39. The molecule has 1 atom stereocenters. The minimum atomic E-state index is -0.651. The van der Waals surface area contributed by atoms with E-state index in [4.69, 9.17) is 10.5 Å². The van der Waals surface area contributed by atoms with Crippen molar-refractivity contribution in [3.05, 3.63) is 30.3 Å². The van der Waals surface area contributed by atoms with Crippen molar-refractivity contribution in [1.29, 1.82) is 0 Å². The van der Waals surface area contributed by atoms with Gasteiger partial charge < -0.3 is 10.5 Å². The molecule has 0 bridgehead atoms. The SMILES string of the molecule is CCOC(=O)C1=NN(c2ccccc2)C(C(N)=O)C1. The first-order valence-electron chi connectivity index (χ1n) is 6.01. The molecule has 0 saturated heterocycles. The summed E-state index contributed by atoms with van der Waals surface area (Å²) in [5.74, 6) is -1.03. The van der Waals surface area contributed by atoms with E-state index in [9.17, 15) is 9.59 Å². The molecule has 19 heavy (non-hydrogen) atoms. The zero-order chi connectivity index (χ0) is 13.8. The standard InChI is InChI=1S/C13H15N3O3/c1-2-19-13(18)10-8-11(12(14)17)16(15-10)9-6-4-3-5-7-9/h3-7,11H,2,8H2,1H3,(H2,14,17). The van der Waals surface area contributed by atoms with Gasteiger partial charge in [-0.3, -0.25) is 9.80 Å². The Morgan fingerprint density at radius 1 is 1.42 bits per heavy atom. The third kappa shape index (κ3) is 2.73. The Bertz CT molecular complexity index is 513. The molecular formula is C13H15N3O3. The van der Waals surface area contributed by atoms with Crippen LogP contribution in [0.4, 0.5) is 5.69 Å². The molecule has 1 heterocycles. The van der Waals surface area contributed by atoms with E-state index < -0.39 is 17.9 Å². The van der Waals surface area contributed by atoms with E-state index in [1.54, 1.807) is 19.1 Å². The molecule has 0 fully saturated rings. The van der Waals surface area contributed by atoms with E-state index in [0.29, 0.717) is 5.69 Å². The summed E-state index contributed by atoms with van der Waals surface area (Å²) in [6, 6.07) is 8.45. The molecule has 1 aromatic rings. The molecule has 6 nitrogen and oxygen atoms in total. The van der Waals surface area contributed by atoms with Crippen LogP contribution in [0.1, 0.15) is 13.3 Å². The fourth-order valence-electron chi connectivity index (χ4n) is 1.89. The number of rotatable bonds is 4. The fourth-order valence-corrected chi connectivity index (χ4v) is 1.89. The molecular weight excluding hydrogens is 246 g/mol. The highest BCUT2D eigenvalue weighted by molar-refractivity contribution is 6.38. The highest BCUT2D eigenvalue weighted by Gasteiger charge is 2.35. The van der Waals surface area contributed by atoms with E-state index >= 15 is 0 Å². The minimum absolute atomic E-state index is 0.170. The van der Waals surface area contributed by atoms with Gasteiger partial charge in [0.15, 0.2) is 0 Å². The van der Waals surface area contributed by atoms with Crippen molar-refractivity contribution in [3.8, 4) is 0 Å². The number of nitrogens with zero attached hydrogens (tertiary/aromatic N) is 2. The summed E-state index contributed by atoms with van der Waals surface area (Å²) in [4.78, 5) is 23.1. The summed E-state index contributed by atoms with van der Waals surface area (Å²) in [6.07, 6.45) is 0.170. The van der Waals surface area contributed by atoms with Crippen molar-refractivity contribution >= 4 is 23.3 Å². The van der Waals surface area contributed by atoms with Gasteiger partial charge in [-0.25, -0.2) is 4.79 Å². The normalized spacial score (nSPS) is 18.1. The Balaban J connectivity index is 2.28. The van der Waals surface area contributed by atoms with Crippen molar-refractivity contribution in [2.45, 2.75) is 19.4 Å². The minimum Gasteiger partial charge on any atom is -0.461 e. The van der Waals surface area contributed by atoms with Gasteiger partial charge >= 0.3 is 5.97 Å². The van der Waals surface area contributed by atoms with Crippen molar-refractivity contribution in [3.63, 3.8) is 0 Å². The Kier molecular flexibility index (Phi) is 3.79. The second kappa shape index (κ2) is 5.51. The highest BCUT2D eigenvalue weighted by atomic mass is 16.5. The molecule has 0 spiro atoms. The van der Waals surface area contributed by atoms with E-state index in [2.05, 4.69) is 5.10 Å². The molecule has 100 valence electrons. The summed E-state index contributed by atoms with van der Waals surface area (Å²) in [7, 11) is 0. The quantitative estimate of drug-likeness (QED) is 0.807. The number of benzene rings is 1. The van der Waals surface area contributed by atoms with E-state index in [-0.39, 0.29) is 18.7 Å². The third-order valence-electron chi connectivity index (χ3n) is 2.77. The molecule has 0 aromatic heterocycles. The van der Waals surface area contributed by atoms with Crippen molar-refractivity contribution in [2.75, 3.05) is 11.6 Å². The van der Waals surface area contributed by atoms with Crippen LogP contribution in [0.25, 0.3) is 0 Å². The van der Waals surface area contributed by atoms with Gasteiger partial charge in [0.2, 0.25) is 5.91 Å². The highest BCUT2D eigenvalue weighted by Crippen LogP contribution is 2.24.